The predicted octanol–water partition coefficient (Wildman–Crippen LogP) is 4.81. The first-order chi connectivity index (χ1) is 9.81. The Hall–Kier alpha value is 0.910. The summed E-state index contributed by atoms with van der Waals surface area (Å²) in [6, 6.07) is 0. The zero-order chi connectivity index (χ0) is 13.5. The Bertz CT molecular complexity index is 805. The van der Waals surface area contributed by atoms with Gasteiger partial charge in [-0.25, -0.2) is 0 Å². The summed E-state index contributed by atoms with van der Waals surface area (Å²) in [6.45, 7) is 0. The van der Waals surface area contributed by atoms with Crippen LogP contribution in [-0.4, -0.2) is 0 Å². The second-order valence-corrected chi connectivity index (χ2v) is 12.5. The number of rotatable bonds is 0. The third kappa shape index (κ3) is 2.76. The average molecular weight is 409 g/mol. The molecular weight excluding hydrogens is 405 g/mol. The van der Waals surface area contributed by atoms with Gasteiger partial charge in [0.05, 0.1) is 16.9 Å². The van der Waals surface area contributed by atoms with Crippen molar-refractivity contribution in [2.75, 3.05) is 0 Å². The summed E-state index contributed by atoms with van der Waals surface area (Å²) in [5, 5.41) is 8.31. The van der Waals surface area contributed by atoms with Gasteiger partial charge in [0.25, 0.3) is 4.74 Å². The van der Waals surface area contributed by atoms with Crippen LogP contribution in [-0.2, 0) is 0 Å². The second kappa shape index (κ2) is 6.19. The van der Waals surface area contributed by atoms with Gasteiger partial charge in [0.15, 0.2) is 0 Å². The van der Waals surface area contributed by atoms with E-state index in [0.29, 0.717) is 0 Å². The molecule has 0 bridgehead atoms. The van der Waals surface area contributed by atoms with Gasteiger partial charge in [0, 0.05) is 0 Å². The normalized spacial score (nSPS) is 21.2. The van der Waals surface area contributed by atoms with E-state index in [1.54, 1.807) is 81.9 Å². The van der Waals surface area contributed by atoms with Crippen LogP contribution in [0.1, 0.15) is 0 Å². The van der Waals surface area contributed by atoms with Crippen molar-refractivity contribution in [2.45, 2.75) is 0 Å². The molecule has 0 spiro atoms. The van der Waals surface area contributed by atoms with Crippen molar-refractivity contribution >= 4 is 102 Å². The molecule has 0 saturated carbocycles. The Morgan fingerprint density at radius 1 is 0.650 bits per heavy atom. The molecule has 0 unspecified atom stereocenters. The third-order valence-electron chi connectivity index (χ3n) is 2.27. The summed E-state index contributed by atoms with van der Waals surface area (Å²) in [4.78, 5) is 12.2. The maximum atomic E-state index is 12.2. The van der Waals surface area contributed by atoms with Crippen LogP contribution in [0.15, 0.2) is 34.9 Å². The van der Waals surface area contributed by atoms with Crippen LogP contribution >= 0.6 is 93.2 Å². The molecule has 4 heterocycles. The fourth-order valence-electron chi connectivity index (χ4n) is 1.49. The largest absolute Gasteiger partial charge is 0.276 e. The maximum absolute atomic E-state index is 12.2. The molecule has 0 aliphatic carbocycles. The molecule has 4 rings (SSSR count). The molecule has 1 aromatic heterocycles. The van der Waals surface area contributed by atoms with Crippen LogP contribution in [0.2, 0.25) is 0 Å². The van der Waals surface area contributed by atoms with Gasteiger partial charge in [-0.3, -0.25) is 4.79 Å². The Morgan fingerprint density at radius 2 is 1.20 bits per heavy atom. The van der Waals surface area contributed by atoms with Gasteiger partial charge in [-0.15, -0.1) is 11.3 Å². The first kappa shape index (κ1) is 14.5. The van der Waals surface area contributed by atoms with Gasteiger partial charge in [0.1, 0.15) is 8.38 Å². The molecular formula is C11H4OS8. The highest BCUT2D eigenvalue weighted by molar-refractivity contribution is 8.47. The summed E-state index contributed by atoms with van der Waals surface area (Å²) < 4.78 is 7.34. The Balaban J connectivity index is 1.78. The van der Waals surface area contributed by atoms with Gasteiger partial charge in [-0.2, -0.15) is 0 Å². The van der Waals surface area contributed by atoms with Gasteiger partial charge < -0.3 is 0 Å². The van der Waals surface area contributed by atoms with E-state index in [0.717, 1.165) is 12.6 Å². The van der Waals surface area contributed by atoms with Crippen molar-refractivity contribution in [2.24, 2.45) is 0 Å². The molecule has 0 saturated heterocycles. The highest BCUT2D eigenvalue weighted by Gasteiger charge is 2.24. The molecule has 1 aromatic rings. The smallest absolute Gasteiger partial charge is 0.252 e. The van der Waals surface area contributed by atoms with E-state index in [1.165, 1.54) is 24.0 Å². The minimum Gasteiger partial charge on any atom is -0.276 e. The summed E-state index contributed by atoms with van der Waals surface area (Å²) in [5.74, 6) is 0. The minimum atomic E-state index is 0.195. The number of thioether (sulfide) groups is 6. The van der Waals surface area contributed by atoms with Crippen molar-refractivity contribution < 1.29 is 0 Å². The van der Waals surface area contributed by atoms with Gasteiger partial charge >= 0.3 is 0 Å². The van der Waals surface area contributed by atoms with Crippen LogP contribution in [0.3, 0.4) is 0 Å². The van der Waals surface area contributed by atoms with Crippen LogP contribution in [0, 0.1) is 0 Å². The lowest BCUT2D eigenvalue weighted by Gasteiger charge is -2.02. The summed E-state index contributed by atoms with van der Waals surface area (Å²) >= 11 is 13.5. The van der Waals surface area contributed by atoms with E-state index in [4.69, 9.17) is 0 Å². The van der Waals surface area contributed by atoms with Crippen molar-refractivity contribution in [3.05, 3.63) is 48.0 Å². The Kier molecular flexibility index (Phi) is 4.49. The molecule has 102 valence electrons. The first-order valence-electron chi connectivity index (χ1n) is 5.26. The molecule has 3 aliphatic heterocycles. The lowest BCUT2D eigenvalue weighted by atomic mass is 10.9. The molecule has 20 heavy (non-hydrogen) atoms. The topological polar surface area (TPSA) is 17.1 Å². The number of hydrogen-bond donors (Lipinski definition) is 0. The highest BCUT2D eigenvalue weighted by Crippen LogP contribution is 2.60. The summed E-state index contributed by atoms with van der Waals surface area (Å²) in [6.07, 6.45) is 0. The van der Waals surface area contributed by atoms with Crippen molar-refractivity contribution in [1.29, 1.82) is 0 Å². The lowest BCUT2D eigenvalue weighted by Crippen LogP contribution is -2.14. The molecule has 9 heteroatoms. The van der Waals surface area contributed by atoms with E-state index < -0.39 is 0 Å². The standard InChI is InChI=1S/C11H4OS8/c12-6-5(7-13-1-2-14-7)17-10(18-6)11-19-8-9(20-11)16-4-3-15-8/h1-4H. The first-order valence-corrected chi connectivity index (χ1v) is 12.0. The van der Waals surface area contributed by atoms with Gasteiger partial charge in [-0.05, 0) is 21.6 Å². The third-order valence-corrected chi connectivity index (χ3v) is 12.8. The predicted molar refractivity (Wildman–Crippen MR) is 105 cm³/mol. The van der Waals surface area contributed by atoms with Crippen molar-refractivity contribution in [1.82, 2.24) is 0 Å². The molecule has 3 aliphatic rings. The fraction of sp³-hybridized carbons (Fsp3) is 0. The van der Waals surface area contributed by atoms with E-state index in [9.17, 15) is 4.79 Å². The van der Waals surface area contributed by atoms with Crippen LogP contribution in [0.4, 0.5) is 0 Å². The second-order valence-electron chi connectivity index (χ2n) is 3.48. The highest BCUT2D eigenvalue weighted by atomic mass is 32.3. The molecule has 0 aromatic carbocycles. The van der Waals surface area contributed by atoms with E-state index in [1.807, 2.05) is 10.8 Å². The van der Waals surface area contributed by atoms with Gasteiger partial charge in [-0.1, -0.05) is 81.9 Å². The molecule has 0 N–H and O–H groups in total. The SMILES string of the molecule is O=c1sc(=C2SC3=C(SC=CS3)S2)sc1=C1SC=CS1. The van der Waals surface area contributed by atoms with Crippen LogP contribution < -0.4 is 13.1 Å². The maximum Gasteiger partial charge on any atom is 0.252 e. The van der Waals surface area contributed by atoms with Crippen molar-refractivity contribution in [3.8, 4) is 0 Å². The molecule has 0 fully saturated rings. The van der Waals surface area contributed by atoms with E-state index in [-0.39, 0.29) is 4.74 Å². The van der Waals surface area contributed by atoms with E-state index in [2.05, 4.69) is 10.8 Å². The minimum absolute atomic E-state index is 0.195. The number of hydrogen-bond acceptors (Lipinski definition) is 9. The van der Waals surface area contributed by atoms with E-state index >= 15 is 0 Å². The summed E-state index contributed by atoms with van der Waals surface area (Å²) in [5.41, 5.74) is 0. The zero-order valence-corrected chi connectivity index (χ0v) is 16.0. The van der Waals surface area contributed by atoms with Gasteiger partial charge in [0.2, 0.25) is 0 Å². The fourth-order valence-corrected chi connectivity index (χ4v) is 11.4. The summed E-state index contributed by atoms with van der Waals surface area (Å²) in [7, 11) is 0. The average Bonchev–Trinajstić information content (AvgIpc) is 3.16. The van der Waals surface area contributed by atoms with Crippen LogP contribution in [0.5, 0.6) is 0 Å². The quantitative estimate of drug-likeness (QED) is 0.605. The zero-order valence-electron chi connectivity index (χ0n) is 9.48. The Labute approximate surface area is 148 Å². The monoisotopic (exact) mass is 408 g/mol. The lowest BCUT2D eigenvalue weighted by molar-refractivity contribution is 1.86. The molecule has 0 radical (unpaired) electrons. The molecule has 0 atom stereocenters. The Morgan fingerprint density at radius 3 is 1.80 bits per heavy atom. The molecule has 0 amide bonds. The van der Waals surface area contributed by atoms with Crippen LogP contribution in [0.25, 0.3) is 8.47 Å². The molecule has 1 nitrogen and oxygen atoms in total. The van der Waals surface area contributed by atoms with Crippen molar-refractivity contribution in [3.63, 3.8) is 0 Å².